The summed E-state index contributed by atoms with van der Waals surface area (Å²) >= 11 is 0. The lowest BCUT2D eigenvalue weighted by Gasteiger charge is -2.39. The van der Waals surface area contributed by atoms with E-state index in [0.717, 1.165) is 25.7 Å². The lowest BCUT2D eigenvalue weighted by Crippen LogP contribution is -2.36. The van der Waals surface area contributed by atoms with Gasteiger partial charge in [0.15, 0.2) is 0 Å². The average molecular weight is 324 g/mol. The Morgan fingerprint density at radius 1 is 1.45 bits per heavy atom. The minimum atomic E-state index is -2.76. The van der Waals surface area contributed by atoms with E-state index in [9.17, 15) is 9.00 Å². The summed E-state index contributed by atoms with van der Waals surface area (Å²) in [5.41, 5.74) is 1.26. The smallest absolute Gasteiger partial charge is 0.137 e. The van der Waals surface area contributed by atoms with Gasteiger partial charge in [0.05, 0.1) is 9.73 Å². The molecule has 2 rings (SSSR count). The van der Waals surface area contributed by atoms with Crippen LogP contribution in [0.2, 0.25) is 0 Å². The quantitative estimate of drug-likeness (QED) is 0.766. The molecule has 124 valence electrons. The summed E-state index contributed by atoms with van der Waals surface area (Å²) in [4.78, 5) is 12.2. The Labute approximate surface area is 135 Å². The molecule has 2 aliphatic carbocycles. The average Bonchev–Trinajstić information content (AvgIpc) is 2.73. The van der Waals surface area contributed by atoms with Gasteiger partial charge in [-0.25, -0.2) is 8.99 Å². The zero-order valence-corrected chi connectivity index (χ0v) is 15.3. The van der Waals surface area contributed by atoms with Gasteiger partial charge in [-0.2, -0.15) is 0 Å². The highest BCUT2D eigenvalue weighted by atomic mass is 32.2. The van der Waals surface area contributed by atoms with E-state index in [2.05, 4.69) is 19.9 Å². The number of carbonyl (C=O) groups excluding carboxylic acids is 1. The highest BCUT2D eigenvalue weighted by molar-refractivity contribution is 7.96. The summed E-state index contributed by atoms with van der Waals surface area (Å²) in [5.74, 6) is 0.666. The van der Waals surface area contributed by atoms with Crippen molar-refractivity contribution in [3.05, 3.63) is 23.1 Å². The van der Waals surface area contributed by atoms with Gasteiger partial charge in [-0.3, -0.25) is 4.79 Å². The van der Waals surface area contributed by atoms with Crippen molar-refractivity contribution in [3.63, 3.8) is 0 Å². The van der Waals surface area contributed by atoms with E-state index >= 15 is 0 Å². The Hall–Kier alpha value is -0.900. The number of hydrogen-bond donors (Lipinski definition) is 1. The third kappa shape index (κ3) is 2.94. The number of allylic oxidation sites excluding steroid dienone is 3. The van der Waals surface area contributed by atoms with Crippen LogP contribution in [0.15, 0.2) is 23.1 Å². The molecule has 0 amide bonds. The van der Waals surface area contributed by atoms with Crippen LogP contribution in [0, 0.1) is 22.0 Å². The number of rotatable bonds is 3. The first-order valence-corrected chi connectivity index (χ1v) is 9.81. The van der Waals surface area contributed by atoms with Crippen LogP contribution >= 0.6 is 0 Å². The van der Waals surface area contributed by atoms with Gasteiger partial charge in [0, 0.05) is 22.5 Å². The Morgan fingerprint density at radius 3 is 2.68 bits per heavy atom. The second-order valence-electron chi connectivity index (χ2n) is 8.02. The molecule has 3 nitrogen and oxygen atoms in total. The molecule has 0 spiro atoms. The first-order chi connectivity index (χ1) is 9.99. The second-order valence-corrected chi connectivity index (χ2v) is 10.7. The maximum Gasteiger partial charge on any atom is 0.137 e. The third-order valence-corrected chi connectivity index (χ3v) is 7.83. The summed E-state index contributed by atoms with van der Waals surface area (Å²) in [6, 6.07) is 0. The molecule has 4 heteroatoms. The first kappa shape index (κ1) is 17.5. The summed E-state index contributed by atoms with van der Waals surface area (Å²) < 4.78 is 20.0. The molecule has 0 radical (unpaired) electrons. The normalized spacial score (nSPS) is 33.4. The Kier molecular flexibility index (Phi) is 4.46. The Balaban J connectivity index is 2.21. The highest BCUT2D eigenvalue weighted by Crippen LogP contribution is 2.53. The predicted molar refractivity (Wildman–Crippen MR) is 92.1 cm³/mol. The minimum absolute atomic E-state index is 0.0380. The van der Waals surface area contributed by atoms with E-state index in [0.29, 0.717) is 5.78 Å². The van der Waals surface area contributed by atoms with Crippen molar-refractivity contribution in [1.29, 1.82) is 4.78 Å². The molecule has 4 unspecified atom stereocenters. The maximum absolute atomic E-state index is 12.4. The first-order valence-electron chi connectivity index (χ1n) is 8.19. The molecule has 1 fully saturated rings. The van der Waals surface area contributed by atoms with Crippen molar-refractivity contribution < 1.29 is 9.00 Å². The van der Waals surface area contributed by atoms with Gasteiger partial charge in [0.2, 0.25) is 0 Å². The molecule has 22 heavy (non-hydrogen) atoms. The second kappa shape index (κ2) is 5.63. The van der Waals surface area contributed by atoms with E-state index < -0.39 is 14.5 Å². The van der Waals surface area contributed by atoms with Gasteiger partial charge in [-0.1, -0.05) is 31.6 Å². The fourth-order valence-corrected chi connectivity index (χ4v) is 4.66. The zero-order chi connectivity index (χ0) is 16.8. The summed E-state index contributed by atoms with van der Waals surface area (Å²) in [6.07, 6.45) is 7.72. The van der Waals surface area contributed by atoms with Crippen molar-refractivity contribution in [2.45, 2.75) is 65.0 Å². The van der Waals surface area contributed by atoms with Crippen LogP contribution < -0.4 is 0 Å². The molecule has 0 aromatic heterocycles. The molecule has 0 heterocycles. The number of nitrogens with one attached hydrogen (secondary N) is 1. The van der Waals surface area contributed by atoms with Gasteiger partial charge < -0.3 is 0 Å². The zero-order valence-electron chi connectivity index (χ0n) is 14.4. The lowest BCUT2D eigenvalue weighted by molar-refractivity contribution is -0.128. The van der Waals surface area contributed by atoms with Crippen LogP contribution in [-0.4, -0.2) is 14.7 Å². The molecule has 0 aliphatic heterocycles. The van der Waals surface area contributed by atoms with E-state index in [1.807, 2.05) is 26.8 Å². The number of hydrogen-bond acceptors (Lipinski definition) is 3. The van der Waals surface area contributed by atoms with E-state index in [1.165, 1.54) is 5.57 Å². The molecule has 4 atom stereocenters. The van der Waals surface area contributed by atoms with Crippen molar-refractivity contribution >= 4 is 15.5 Å². The van der Waals surface area contributed by atoms with Gasteiger partial charge in [-0.05, 0) is 51.4 Å². The number of carbonyl (C=O) groups is 1. The molecule has 0 aromatic rings. The number of Topliss-reactive ketones (excluding diaryl/α,β-unsaturated/α-hetero) is 1. The van der Waals surface area contributed by atoms with Gasteiger partial charge in [0.25, 0.3) is 0 Å². The van der Waals surface area contributed by atoms with Crippen molar-refractivity contribution in [2.24, 2.45) is 17.3 Å². The molecular formula is C18H29NO2S. The minimum Gasteiger partial charge on any atom is -0.299 e. The standard InChI is InChI=1S/C18H29NO2S/c1-13(10-12-22(19,21)17(2,3)4)14-8-9-15-16(20)7-6-11-18(14,15)5/h8,10,12-13,15,19H,6-7,9,11H2,1-5H3/b12-10+. The molecule has 1 saturated carbocycles. The molecular weight excluding hydrogens is 294 g/mol. The SMILES string of the molecule is CC(/C=C/S(=N)(=O)C(C)(C)C)C1=CCC2C(=O)CCCC12C. The van der Waals surface area contributed by atoms with Crippen LogP contribution in [0.3, 0.4) is 0 Å². The van der Waals surface area contributed by atoms with E-state index in [1.54, 1.807) is 5.41 Å². The van der Waals surface area contributed by atoms with Gasteiger partial charge in [-0.15, -0.1) is 0 Å². The van der Waals surface area contributed by atoms with Crippen LogP contribution in [0.25, 0.3) is 0 Å². The number of fused-ring (bicyclic) bond motifs is 1. The molecule has 0 aromatic carbocycles. The molecule has 0 bridgehead atoms. The lowest BCUT2D eigenvalue weighted by atomic mass is 9.64. The monoisotopic (exact) mass is 323 g/mol. The maximum atomic E-state index is 12.4. The van der Waals surface area contributed by atoms with Crippen LogP contribution in [0.1, 0.15) is 60.3 Å². The summed E-state index contributed by atoms with van der Waals surface area (Å²) in [5, 5.41) is 1.58. The van der Waals surface area contributed by atoms with Crippen LogP contribution in [-0.2, 0) is 14.5 Å². The van der Waals surface area contributed by atoms with Gasteiger partial charge in [0.1, 0.15) is 5.78 Å². The third-order valence-electron chi connectivity index (χ3n) is 5.47. The van der Waals surface area contributed by atoms with Crippen molar-refractivity contribution in [1.82, 2.24) is 0 Å². The molecule has 0 saturated heterocycles. The van der Waals surface area contributed by atoms with E-state index in [-0.39, 0.29) is 17.3 Å². The van der Waals surface area contributed by atoms with Gasteiger partial charge >= 0.3 is 0 Å². The highest BCUT2D eigenvalue weighted by Gasteiger charge is 2.47. The number of ketones is 1. The summed E-state index contributed by atoms with van der Waals surface area (Å²) in [6.45, 7) is 9.81. The fourth-order valence-electron chi connectivity index (χ4n) is 3.79. The largest absolute Gasteiger partial charge is 0.299 e. The van der Waals surface area contributed by atoms with Crippen molar-refractivity contribution in [3.8, 4) is 0 Å². The van der Waals surface area contributed by atoms with E-state index in [4.69, 9.17) is 4.78 Å². The Morgan fingerprint density at radius 2 is 2.09 bits per heavy atom. The molecule has 1 N–H and O–H groups in total. The van der Waals surface area contributed by atoms with Crippen LogP contribution in [0.4, 0.5) is 0 Å². The summed E-state index contributed by atoms with van der Waals surface area (Å²) in [7, 11) is -2.76. The van der Waals surface area contributed by atoms with Crippen molar-refractivity contribution in [2.75, 3.05) is 0 Å². The predicted octanol–water partition coefficient (Wildman–Crippen LogP) is 4.69. The molecule has 2 aliphatic rings. The fraction of sp³-hybridized carbons (Fsp3) is 0.722. The Bertz CT molecular complexity index is 622. The van der Waals surface area contributed by atoms with Crippen LogP contribution in [0.5, 0.6) is 0 Å². The topological polar surface area (TPSA) is 58.0 Å².